The van der Waals surface area contributed by atoms with Crippen LogP contribution in [0.3, 0.4) is 0 Å². The Kier molecular flexibility index (Phi) is 3.64. The summed E-state index contributed by atoms with van der Waals surface area (Å²) in [6.45, 7) is 0.462. The highest BCUT2D eigenvalue weighted by atomic mass is 35.5. The summed E-state index contributed by atoms with van der Waals surface area (Å²) in [5.41, 5.74) is -0.0298. The number of carbonyl (C=O) groups excluding carboxylic acids is 1. The van der Waals surface area contributed by atoms with Crippen molar-refractivity contribution in [3.05, 3.63) is 34.6 Å². The zero-order valence-corrected chi connectivity index (χ0v) is 9.95. The molecule has 1 N–H and O–H groups in total. The van der Waals surface area contributed by atoms with Gasteiger partial charge in [0.05, 0.1) is 18.2 Å². The highest BCUT2D eigenvalue weighted by molar-refractivity contribution is 6.31. The number of hydrogen-bond acceptors (Lipinski definition) is 2. The Labute approximate surface area is 104 Å². The molecule has 0 aromatic heterocycles. The molecule has 1 unspecified atom stereocenters. The van der Waals surface area contributed by atoms with Gasteiger partial charge in [-0.25, -0.2) is 4.39 Å². The summed E-state index contributed by atoms with van der Waals surface area (Å²) < 4.78 is 13.5. The van der Waals surface area contributed by atoms with Crippen LogP contribution < -0.4 is 0 Å². The van der Waals surface area contributed by atoms with Gasteiger partial charge in [0.1, 0.15) is 5.82 Å². The predicted octanol–water partition coefficient (Wildman–Crippen LogP) is 2.08. The van der Waals surface area contributed by atoms with Crippen molar-refractivity contribution >= 4 is 17.5 Å². The Morgan fingerprint density at radius 3 is 3.06 bits per heavy atom. The number of aliphatic hydroxyl groups excluding tert-OH is 1. The van der Waals surface area contributed by atoms with E-state index < -0.39 is 11.7 Å². The van der Waals surface area contributed by atoms with E-state index in [4.69, 9.17) is 16.7 Å². The number of halogens is 2. The molecule has 2 rings (SSSR count). The number of rotatable bonds is 2. The van der Waals surface area contributed by atoms with Crippen molar-refractivity contribution in [2.45, 2.75) is 18.9 Å². The third-order valence-electron chi connectivity index (χ3n) is 3.01. The van der Waals surface area contributed by atoms with Crippen LogP contribution in [0, 0.1) is 5.82 Å². The molecule has 0 spiro atoms. The average molecular weight is 258 g/mol. The summed E-state index contributed by atoms with van der Waals surface area (Å²) in [5.74, 6) is -0.982. The molecule has 5 heteroatoms. The summed E-state index contributed by atoms with van der Waals surface area (Å²) in [5, 5.41) is 9.47. The molecular formula is C12H13ClFNO2. The molecule has 1 saturated heterocycles. The van der Waals surface area contributed by atoms with E-state index in [1.165, 1.54) is 23.1 Å². The van der Waals surface area contributed by atoms with Crippen LogP contribution in [0.4, 0.5) is 4.39 Å². The number of nitrogens with zero attached hydrogens (tertiary/aromatic N) is 1. The van der Waals surface area contributed by atoms with Crippen LogP contribution in [0.25, 0.3) is 0 Å². The second kappa shape index (κ2) is 5.02. The van der Waals surface area contributed by atoms with Crippen LogP contribution in [0.2, 0.25) is 5.02 Å². The maximum Gasteiger partial charge on any atom is 0.257 e. The van der Waals surface area contributed by atoms with Gasteiger partial charge >= 0.3 is 0 Å². The maximum atomic E-state index is 13.5. The number of aliphatic hydroxyl groups is 1. The lowest BCUT2D eigenvalue weighted by atomic mass is 10.1. The highest BCUT2D eigenvalue weighted by Crippen LogP contribution is 2.22. The fraction of sp³-hybridized carbons (Fsp3) is 0.417. The lowest BCUT2D eigenvalue weighted by Gasteiger charge is -2.23. The molecule has 3 nitrogen and oxygen atoms in total. The van der Waals surface area contributed by atoms with E-state index in [1.54, 1.807) is 0 Å². The second-order valence-corrected chi connectivity index (χ2v) is 4.54. The van der Waals surface area contributed by atoms with Gasteiger partial charge in [0.25, 0.3) is 5.91 Å². The fourth-order valence-electron chi connectivity index (χ4n) is 2.11. The van der Waals surface area contributed by atoms with Crippen molar-refractivity contribution in [3.63, 3.8) is 0 Å². The number of likely N-dealkylation sites (tertiary alicyclic amines) is 1. The minimum atomic E-state index is -0.581. The highest BCUT2D eigenvalue weighted by Gasteiger charge is 2.30. The van der Waals surface area contributed by atoms with Crippen molar-refractivity contribution in [2.75, 3.05) is 13.2 Å². The molecule has 1 aliphatic rings. The summed E-state index contributed by atoms with van der Waals surface area (Å²) in [4.78, 5) is 13.6. The van der Waals surface area contributed by atoms with Crippen molar-refractivity contribution in [2.24, 2.45) is 0 Å². The van der Waals surface area contributed by atoms with Crippen LogP contribution in [-0.4, -0.2) is 35.1 Å². The molecule has 92 valence electrons. The lowest BCUT2D eigenvalue weighted by Crippen LogP contribution is -2.38. The first kappa shape index (κ1) is 12.3. The lowest BCUT2D eigenvalue weighted by molar-refractivity contribution is 0.0673. The smallest absolute Gasteiger partial charge is 0.257 e. The maximum absolute atomic E-state index is 13.5. The van der Waals surface area contributed by atoms with Crippen molar-refractivity contribution in [1.82, 2.24) is 4.90 Å². The van der Waals surface area contributed by atoms with Gasteiger partial charge in [-0.15, -0.1) is 0 Å². The van der Waals surface area contributed by atoms with E-state index in [-0.39, 0.29) is 18.2 Å². The number of hydrogen-bond donors (Lipinski definition) is 1. The minimum Gasteiger partial charge on any atom is -0.394 e. The van der Waals surface area contributed by atoms with Crippen molar-refractivity contribution in [3.8, 4) is 0 Å². The molecule has 1 fully saturated rings. The second-order valence-electron chi connectivity index (χ2n) is 4.10. The van der Waals surface area contributed by atoms with E-state index in [0.717, 1.165) is 12.8 Å². The molecule has 1 heterocycles. The quantitative estimate of drug-likeness (QED) is 0.881. The molecule has 1 aliphatic heterocycles. The van der Waals surface area contributed by atoms with E-state index in [1.807, 2.05) is 0 Å². The monoisotopic (exact) mass is 257 g/mol. The van der Waals surface area contributed by atoms with Gasteiger partial charge in [-0.05, 0) is 31.0 Å². The largest absolute Gasteiger partial charge is 0.394 e. The van der Waals surface area contributed by atoms with Gasteiger partial charge in [-0.2, -0.15) is 0 Å². The molecular weight excluding hydrogens is 245 g/mol. The summed E-state index contributed by atoms with van der Waals surface area (Å²) >= 11 is 5.75. The van der Waals surface area contributed by atoms with E-state index in [0.29, 0.717) is 11.6 Å². The number of benzene rings is 1. The number of amides is 1. The molecule has 1 aromatic rings. The van der Waals surface area contributed by atoms with Crippen molar-refractivity contribution < 1.29 is 14.3 Å². The third-order valence-corrected chi connectivity index (χ3v) is 3.24. The first-order valence-electron chi connectivity index (χ1n) is 5.50. The van der Waals surface area contributed by atoms with Crippen molar-refractivity contribution in [1.29, 1.82) is 0 Å². The summed E-state index contributed by atoms with van der Waals surface area (Å²) in [7, 11) is 0. The Bertz CT molecular complexity index is 439. The molecule has 1 amide bonds. The Morgan fingerprint density at radius 1 is 1.59 bits per heavy atom. The third kappa shape index (κ3) is 2.42. The van der Waals surface area contributed by atoms with Crippen LogP contribution >= 0.6 is 11.6 Å². The minimum absolute atomic E-state index is 0.0298. The molecule has 0 bridgehead atoms. The molecule has 1 atom stereocenters. The van der Waals surface area contributed by atoms with Gasteiger partial charge in [0.2, 0.25) is 0 Å². The van der Waals surface area contributed by atoms with Gasteiger partial charge in [0.15, 0.2) is 0 Å². The topological polar surface area (TPSA) is 40.5 Å². The normalized spacial score (nSPS) is 19.7. The van der Waals surface area contributed by atoms with Crippen LogP contribution in [0.15, 0.2) is 18.2 Å². The van der Waals surface area contributed by atoms with E-state index in [2.05, 4.69) is 0 Å². The zero-order chi connectivity index (χ0) is 12.4. The van der Waals surface area contributed by atoms with Crippen LogP contribution in [-0.2, 0) is 0 Å². The van der Waals surface area contributed by atoms with E-state index in [9.17, 15) is 9.18 Å². The molecule has 17 heavy (non-hydrogen) atoms. The first-order chi connectivity index (χ1) is 8.13. The Balaban J connectivity index is 2.27. The SMILES string of the molecule is O=C(c1cc(Cl)ccc1F)N1CCCC1CO. The number of carbonyl (C=O) groups is 1. The Hall–Kier alpha value is -1.13. The molecule has 0 aliphatic carbocycles. The van der Waals surface area contributed by atoms with Gasteiger partial charge in [-0.1, -0.05) is 11.6 Å². The molecule has 0 saturated carbocycles. The molecule has 0 radical (unpaired) electrons. The van der Waals surface area contributed by atoms with Gasteiger partial charge in [0, 0.05) is 11.6 Å². The van der Waals surface area contributed by atoms with Gasteiger partial charge in [-0.3, -0.25) is 4.79 Å². The summed E-state index contributed by atoms with van der Waals surface area (Å²) in [6, 6.07) is 3.70. The van der Waals surface area contributed by atoms with Gasteiger partial charge < -0.3 is 10.0 Å². The fourth-order valence-corrected chi connectivity index (χ4v) is 2.28. The first-order valence-corrected chi connectivity index (χ1v) is 5.88. The Morgan fingerprint density at radius 2 is 2.35 bits per heavy atom. The average Bonchev–Trinajstić information content (AvgIpc) is 2.79. The van der Waals surface area contributed by atoms with Crippen LogP contribution in [0.1, 0.15) is 23.2 Å². The summed E-state index contributed by atoms with van der Waals surface area (Å²) in [6.07, 6.45) is 1.59. The standard InChI is InChI=1S/C12H13ClFNO2/c13-8-3-4-11(14)10(6-8)12(17)15-5-1-2-9(15)7-16/h3-4,6,9,16H,1-2,5,7H2. The predicted molar refractivity (Wildman–Crippen MR) is 62.6 cm³/mol. The zero-order valence-electron chi connectivity index (χ0n) is 9.20. The van der Waals surface area contributed by atoms with E-state index >= 15 is 0 Å². The molecule has 1 aromatic carbocycles. The van der Waals surface area contributed by atoms with Crippen LogP contribution in [0.5, 0.6) is 0 Å².